The number of hydrogen-bond donors (Lipinski definition) is 1. The second-order valence-corrected chi connectivity index (χ2v) is 4.58. The number of rotatable bonds is 3. The molecule has 1 fully saturated rings. The predicted molar refractivity (Wildman–Crippen MR) is 73.2 cm³/mol. The van der Waals surface area contributed by atoms with Gasteiger partial charge in [-0.15, -0.1) is 0 Å². The summed E-state index contributed by atoms with van der Waals surface area (Å²) in [7, 11) is 1.34. The Bertz CT molecular complexity index is 601. The lowest BCUT2D eigenvalue weighted by Gasteiger charge is -2.32. The quantitative estimate of drug-likeness (QED) is 0.648. The summed E-state index contributed by atoms with van der Waals surface area (Å²) < 4.78 is 5.06. The first-order valence-corrected chi connectivity index (χ1v) is 6.37. The molecule has 2 amide bonds. The van der Waals surface area contributed by atoms with E-state index in [1.165, 1.54) is 30.2 Å². The smallest absolute Gasteiger partial charge is 0.285 e. The number of piperazine rings is 1. The van der Waals surface area contributed by atoms with Crippen LogP contribution in [0.3, 0.4) is 0 Å². The van der Waals surface area contributed by atoms with Crippen LogP contribution < -0.4 is 10.1 Å². The van der Waals surface area contributed by atoms with E-state index >= 15 is 0 Å². The highest BCUT2D eigenvalue weighted by molar-refractivity contribution is 6.03. The molecule has 1 aromatic rings. The van der Waals surface area contributed by atoms with Crippen LogP contribution in [0.4, 0.5) is 5.69 Å². The molecule has 0 radical (unpaired) electrons. The van der Waals surface area contributed by atoms with Gasteiger partial charge in [-0.05, 0) is 13.0 Å². The fourth-order valence-corrected chi connectivity index (χ4v) is 2.26. The van der Waals surface area contributed by atoms with E-state index in [0.29, 0.717) is 13.1 Å². The molecule has 1 aliphatic heterocycles. The van der Waals surface area contributed by atoms with E-state index in [9.17, 15) is 19.7 Å². The number of hydrogen-bond acceptors (Lipinski definition) is 5. The average Bonchev–Trinajstić information content (AvgIpc) is 2.48. The lowest BCUT2D eigenvalue weighted by molar-refractivity contribution is -0.385. The Balaban J connectivity index is 2.47. The van der Waals surface area contributed by atoms with Crippen molar-refractivity contribution in [3.8, 4) is 5.75 Å². The maximum atomic E-state index is 12.6. The van der Waals surface area contributed by atoms with Crippen LogP contribution in [0, 0.1) is 10.1 Å². The highest BCUT2D eigenvalue weighted by Gasteiger charge is 2.35. The molecule has 112 valence electrons. The normalized spacial score (nSPS) is 18.1. The third-order valence-electron chi connectivity index (χ3n) is 3.39. The molecule has 1 saturated heterocycles. The Kier molecular flexibility index (Phi) is 4.06. The number of nitrogens with one attached hydrogen (secondary N) is 1. The first-order valence-electron chi connectivity index (χ1n) is 6.37. The van der Waals surface area contributed by atoms with Gasteiger partial charge in [0.1, 0.15) is 11.8 Å². The number of nitro benzene ring substituents is 1. The standard InChI is InChI=1S/C13H15N3O5/c1-8-12(17)14-6-7-15(8)13(18)11-9(16(19)20)4-3-5-10(11)21-2/h3-5,8H,6-7H2,1-2H3,(H,14,17). The molecule has 1 N–H and O–H groups in total. The zero-order valence-corrected chi connectivity index (χ0v) is 11.7. The van der Waals surface area contributed by atoms with Gasteiger partial charge in [-0.1, -0.05) is 6.07 Å². The van der Waals surface area contributed by atoms with Gasteiger partial charge in [0.2, 0.25) is 5.91 Å². The van der Waals surface area contributed by atoms with Crippen molar-refractivity contribution in [1.82, 2.24) is 10.2 Å². The predicted octanol–water partition coefficient (Wildman–Crippen LogP) is 0.564. The summed E-state index contributed by atoms with van der Waals surface area (Å²) in [6.07, 6.45) is 0. The number of methoxy groups -OCH3 is 1. The van der Waals surface area contributed by atoms with Crippen LogP contribution in [0.1, 0.15) is 17.3 Å². The molecular weight excluding hydrogens is 278 g/mol. The van der Waals surface area contributed by atoms with Gasteiger partial charge in [0.05, 0.1) is 12.0 Å². The van der Waals surface area contributed by atoms with Gasteiger partial charge in [0, 0.05) is 19.2 Å². The second kappa shape index (κ2) is 5.78. The van der Waals surface area contributed by atoms with Crippen LogP contribution in [0.5, 0.6) is 5.75 Å². The number of carbonyl (C=O) groups excluding carboxylic acids is 2. The Labute approximate surface area is 120 Å². The second-order valence-electron chi connectivity index (χ2n) is 4.58. The lowest BCUT2D eigenvalue weighted by atomic mass is 10.1. The van der Waals surface area contributed by atoms with Crippen molar-refractivity contribution in [3.05, 3.63) is 33.9 Å². The van der Waals surface area contributed by atoms with E-state index in [0.717, 1.165) is 0 Å². The largest absolute Gasteiger partial charge is 0.496 e. The summed E-state index contributed by atoms with van der Waals surface area (Å²) in [6, 6.07) is 3.48. The van der Waals surface area contributed by atoms with Crippen LogP contribution in [-0.2, 0) is 4.79 Å². The van der Waals surface area contributed by atoms with Crippen LogP contribution in [0.15, 0.2) is 18.2 Å². The van der Waals surface area contributed by atoms with Gasteiger partial charge in [-0.3, -0.25) is 19.7 Å². The fourth-order valence-electron chi connectivity index (χ4n) is 2.26. The summed E-state index contributed by atoms with van der Waals surface area (Å²) in [5.74, 6) is -0.749. The third kappa shape index (κ3) is 2.64. The van der Waals surface area contributed by atoms with Crippen LogP contribution in [0.2, 0.25) is 0 Å². The first-order chi connectivity index (χ1) is 9.97. The number of benzene rings is 1. The highest BCUT2D eigenvalue weighted by atomic mass is 16.6. The molecule has 1 atom stereocenters. The van der Waals surface area contributed by atoms with E-state index in [1.54, 1.807) is 6.92 Å². The summed E-state index contributed by atoms with van der Waals surface area (Å²) in [5, 5.41) is 13.8. The highest BCUT2D eigenvalue weighted by Crippen LogP contribution is 2.30. The van der Waals surface area contributed by atoms with E-state index in [2.05, 4.69) is 5.32 Å². The van der Waals surface area contributed by atoms with Crippen LogP contribution in [0.25, 0.3) is 0 Å². The topological polar surface area (TPSA) is 102 Å². The number of amides is 2. The summed E-state index contributed by atoms with van der Waals surface area (Å²) in [6.45, 7) is 2.19. The molecule has 0 saturated carbocycles. The molecule has 2 rings (SSSR count). The fraction of sp³-hybridized carbons (Fsp3) is 0.385. The number of ether oxygens (including phenoxy) is 1. The molecular formula is C13H15N3O5. The first kappa shape index (κ1) is 14.8. The van der Waals surface area contributed by atoms with E-state index < -0.39 is 16.9 Å². The Hall–Kier alpha value is -2.64. The summed E-state index contributed by atoms with van der Waals surface area (Å²) in [4.78, 5) is 36.1. The molecule has 1 heterocycles. The maximum Gasteiger partial charge on any atom is 0.285 e. The van der Waals surface area contributed by atoms with Crippen molar-refractivity contribution in [2.75, 3.05) is 20.2 Å². The van der Waals surface area contributed by atoms with Crippen molar-refractivity contribution >= 4 is 17.5 Å². The minimum atomic E-state index is -0.684. The van der Waals surface area contributed by atoms with Gasteiger partial charge >= 0.3 is 0 Å². The minimum absolute atomic E-state index is 0.118. The third-order valence-corrected chi connectivity index (χ3v) is 3.39. The molecule has 21 heavy (non-hydrogen) atoms. The van der Waals surface area contributed by atoms with Crippen molar-refractivity contribution in [2.24, 2.45) is 0 Å². The summed E-state index contributed by atoms with van der Waals surface area (Å²) in [5.41, 5.74) is -0.468. The zero-order chi connectivity index (χ0) is 15.6. The lowest BCUT2D eigenvalue weighted by Crippen LogP contribution is -2.55. The van der Waals surface area contributed by atoms with Crippen molar-refractivity contribution in [2.45, 2.75) is 13.0 Å². The molecule has 0 spiro atoms. The molecule has 1 aromatic carbocycles. The monoisotopic (exact) mass is 293 g/mol. The molecule has 1 aliphatic rings. The van der Waals surface area contributed by atoms with Gasteiger partial charge in [-0.2, -0.15) is 0 Å². The molecule has 1 unspecified atom stereocenters. The van der Waals surface area contributed by atoms with Crippen molar-refractivity contribution in [1.29, 1.82) is 0 Å². The average molecular weight is 293 g/mol. The Morgan fingerprint density at radius 1 is 1.52 bits per heavy atom. The van der Waals surface area contributed by atoms with Crippen LogP contribution >= 0.6 is 0 Å². The van der Waals surface area contributed by atoms with E-state index in [4.69, 9.17) is 4.74 Å². The van der Waals surface area contributed by atoms with Gasteiger partial charge in [0.25, 0.3) is 11.6 Å². The number of carbonyl (C=O) groups is 2. The summed E-state index contributed by atoms with van der Waals surface area (Å²) >= 11 is 0. The van der Waals surface area contributed by atoms with E-state index in [-0.39, 0.29) is 22.9 Å². The molecule has 0 bridgehead atoms. The molecule has 8 heteroatoms. The number of nitrogens with zero attached hydrogens (tertiary/aromatic N) is 2. The van der Waals surface area contributed by atoms with Crippen LogP contribution in [-0.4, -0.2) is 47.9 Å². The molecule has 0 aromatic heterocycles. The SMILES string of the molecule is COc1cccc([N+](=O)[O-])c1C(=O)N1CCNC(=O)C1C. The zero-order valence-electron chi connectivity index (χ0n) is 11.7. The van der Waals surface area contributed by atoms with Gasteiger partial charge in [0.15, 0.2) is 5.56 Å². The Morgan fingerprint density at radius 2 is 2.24 bits per heavy atom. The maximum absolute atomic E-state index is 12.6. The molecule has 0 aliphatic carbocycles. The van der Waals surface area contributed by atoms with Crippen molar-refractivity contribution in [3.63, 3.8) is 0 Å². The van der Waals surface area contributed by atoms with Gasteiger partial charge < -0.3 is 15.0 Å². The Morgan fingerprint density at radius 3 is 2.86 bits per heavy atom. The van der Waals surface area contributed by atoms with E-state index in [1.807, 2.05) is 0 Å². The van der Waals surface area contributed by atoms with Gasteiger partial charge in [-0.25, -0.2) is 0 Å². The minimum Gasteiger partial charge on any atom is -0.496 e. The van der Waals surface area contributed by atoms with Crippen molar-refractivity contribution < 1.29 is 19.2 Å². The number of nitro groups is 1. The molecule has 8 nitrogen and oxygen atoms in total.